The van der Waals surface area contributed by atoms with Crippen LogP contribution in [0, 0.1) is 17.8 Å². The Balaban J connectivity index is 1.64. The number of carboxylic acids is 1. The Labute approximate surface area is 359 Å². The van der Waals surface area contributed by atoms with Crippen LogP contribution in [0.15, 0.2) is 71.8 Å². The number of carbonyl (C=O) groups is 1. The van der Waals surface area contributed by atoms with E-state index >= 15 is 0 Å². The number of aliphatic hydroxyl groups excluding tert-OH is 3. The van der Waals surface area contributed by atoms with Gasteiger partial charge in [0.05, 0.1) is 24.4 Å². The first-order chi connectivity index (χ1) is 28.9. The van der Waals surface area contributed by atoms with Crippen molar-refractivity contribution in [3.63, 3.8) is 0 Å². The van der Waals surface area contributed by atoms with Gasteiger partial charge in [0.15, 0.2) is 0 Å². The first-order valence-corrected chi connectivity index (χ1v) is 23.1. The molecule has 2 heterocycles. The molecular formula is C51H74N2O7. The van der Waals surface area contributed by atoms with Crippen LogP contribution in [0.1, 0.15) is 153 Å². The van der Waals surface area contributed by atoms with Gasteiger partial charge in [0, 0.05) is 48.0 Å². The van der Waals surface area contributed by atoms with E-state index in [1.54, 1.807) is 12.1 Å². The van der Waals surface area contributed by atoms with Gasteiger partial charge in [0.2, 0.25) is 0 Å². The van der Waals surface area contributed by atoms with Gasteiger partial charge in [-0.2, -0.15) is 0 Å². The molecule has 5 rings (SSSR count). The number of hydrogen-bond acceptors (Lipinski definition) is 8. The number of allylic oxidation sites excluding steroid dienone is 2. The second-order valence-electron chi connectivity index (χ2n) is 18.3. The predicted molar refractivity (Wildman–Crippen MR) is 240 cm³/mol. The Morgan fingerprint density at radius 2 is 1.73 bits per heavy atom. The molecule has 0 spiro atoms. The first kappa shape index (κ1) is 47.6. The molecule has 9 heteroatoms. The standard InChI is InChI=1S/C51H74N2O7/c1-4-5-6-19-42(55)28-25-39-24-23-38-16-8-7-15-37(38)17-12-22-48(50(3,60)51(31-9-10-32-51)41-26-29-43(56)30-27-41)53-47(45(39)34-44(57)35-54)21-13-20-46-40(33-49(58)59)18-11-14-36(2)52-46/h7-8,15-16,25-30,36,40,42,44,46-48,52-57,60H,4-6,9-11,13-14,18-24,31-35H2,1-3H3,(H,58,59)/b28-25+,45-39+/t36-,40-,42-,44-,46-,47-,48+,50-/m0/s1. The minimum Gasteiger partial charge on any atom is -0.508 e. The van der Waals surface area contributed by atoms with Gasteiger partial charge in [-0.3, -0.25) is 4.79 Å². The summed E-state index contributed by atoms with van der Waals surface area (Å²) in [6, 6.07) is 14.9. The zero-order valence-electron chi connectivity index (χ0n) is 36.5. The number of unbranched alkanes of at least 4 members (excludes halogenated alkanes) is 2. The van der Waals surface area contributed by atoms with Gasteiger partial charge in [0.25, 0.3) is 0 Å². The largest absolute Gasteiger partial charge is 0.508 e. The number of rotatable bonds is 18. The molecule has 1 saturated heterocycles. The topological polar surface area (TPSA) is 163 Å². The highest BCUT2D eigenvalue weighted by atomic mass is 16.4. The Kier molecular flexibility index (Phi) is 18.3. The zero-order chi connectivity index (χ0) is 43.1. The number of phenolic OH excluding ortho intramolecular Hbond substituents is 1. The normalized spacial score (nSPS) is 27.0. The van der Waals surface area contributed by atoms with Gasteiger partial charge in [-0.15, -0.1) is 0 Å². The van der Waals surface area contributed by atoms with Crippen molar-refractivity contribution in [2.45, 2.75) is 190 Å². The van der Waals surface area contributed by atoms with Crippen LogP contribution in [0.25, 0.3) is 0 Å². The maximum absolute atomic E-state index is 13.3. The molecule has 60 heavy (non-hydrogen) atoms. The van der Waals surface area contributed by atoms with E-state index < -0.39 is 41.8 Å². The van der Waals surface area contributed by atoms with Crippen molar-refractivity contribution in [3.8, 4) is 17.6 Å². The molecule has 1 saturated carbocycles. The number of hydrogen-bond donors (Lipinski definition) is 8. The number of carboxylic acid groups (broad SMARTS) is 1. The van der Waals surface area contributed by atoms with Crippen molar-refractivity contribution < 1.29 is 35.4 Å². The molecule has 0 bridgehead atoms. The molecule has 3 aliphatic rings. The van der Waals surface area contributed by atoms with E-state index in [4.69, 9.17) is 0 Å². The highest BCUT2D eigenvalue weighted by molar-refractivity contribution is 5.67. The van der Waals surface area contributed by atoms with E-state index in [1.807, 2.05) is 49.4 Å². The summed E-state index contributed by atoms with van der Waals surface area (Å²) in [6.07, 6.45) is 16.4. The van der Waals surface area contributed by atoms with Crippen LogP contribution < -0.4 is 10.6 Å². The molecule has 0 aromatic heterocycles. The van der Waals surface area contributed by atoms with Crippen molar-refractivity contribution in [3.05, 3.63) is 88.5 Å². The summed E-state index contributed by atoms with van der Waals surface area (Å²) >= 11 is 0. The lowest BCUT2D eigenvalue weighted by molar-refractivity contribution is -0.138. The average molecular weight is 827 g/mol. The second kappa shape index (κ2) is 23.1. The minimum absolute atomic E-state index is 0.0204. The summed E-state index contributed by atoms with van der Waals surface area (Å²) in [4.78, 5) is 12.0. The zero-order valence-corrected chi connectivity index (χ0v) is 36.5. The van der Waals surface area contributed by atoms with Crippen molar-refractivity contribution >= 4 is 5.97 Å². The molecule has 8 N–H and O–H groups in total. The molecule has 2 fully saturated rings. The van der Waals surface area contributed by atoms with Crippen LogP contribution in [0.5, 0.6) is 5.75 Å². The lowest BCUT2D eigenvalue weighted by Gasteiger charge is -2.49. The van der Waals surface area contributed by atoms with Gasteiger partial charge in [-0.25, -0.2) is 0 Å². The number of aliphatic carboxylic acids is 1. The van der Waals surface area contributed by atoms with E-state index in [0.717, 1.165) is 105 Å². The summed E-state index contributed by atoms with van der Waals surface area (Å²) in [6.45, 7) is 5.85. The van der Waals surface area contributed by atoms with Gasteiger partial charge in [-0.1, -0.05) is 106 Å². The summed E-state index contributed by atoms with van der Waals surface area (Å²) < 4.78 is 0. The number of phenols is 1. The Hall–Kier alpha value is -3.49. The van der Waals surface area contributed by atoms with E-state index in [0.29, 0.717) is 32.1 Å². The SMILES string of the molecule is CCCCC[C@H](O)/C=C/C1=C(\C[C@H](O)CO)[C@H](CCC[C@@H]2N[C@@H](C)CCC[C@H]2CC(=O)O)N[C@@H]([C@](C)(O)C2(c3ccc(O)cc3)CCCC2)CC#Cc2ccccc2CC1. The molecule has 9 nitrogen and oxygen atoms in total. The van der Waals surface area contributed by atoms with Crippen molar-refractivity contribution in [2.24, 2.45) is 5.92 Å². The molecule has 0 amide bonds. The van der Waals surface area contributed by atoms with Crippen LogP contribution >= 0.6 is 0 Å². The van der Waals surface area contributed by atoms with Crippen molar-refractivity contribution in [1.82, 2.24) is 10.6 Å². The quantitative estimate of drug-likeness (QED) is 0.0550. The maximum atomic E-state index is 13.3. The number of aromatic hydroxyl groups is 1. The maximum Gasteiger partial charge on any atom is 0.303 e. The van der Waals surface area contributed by atoms with Crippen LogP contribution in [-0.4, -0.2) is 85.2 Å². The fourth-order valence-corrected chi connectivity index (χ4v) is 10.5. The lowest BCUT2D eigenvalue weighted by atomic mass is 9.63. The Morgan fingerprint density at radius 1 is 0.983 bits per heavy atom. The summed E-state index contributed by atoms with van der Waals surface area (Å²) in [7, 11) is 0. The minimum atomic E-state index is -1.31. The summed E-state index contributed by atoms with van der Waals surface area (Å²) in [5.74, 6) is 6.39. The second-order valence-corrected chi connectivity index (χ2v) is 18.3. The molecule has 2 aliphatic heterocycles. The lowest BCUT2D eigenvalue weighted by Crippen LogP contribution is -2.62. The molecular weight excluding hydrogens is 753 g/mol. The van der Waals surface area contributed by atoms with Gasteiger partial charge in [-0.05, 0) is 124 Å². The first-order valence-electron chi connectivity index (χ1n) is 23.1. The third-order valence-corrected chi connectivity index (χ3v) is 14.0. The molecule has 0 unspecified atom stereocenters. The summed E-state index contributed by atoms with van der Waals surface area (Å²) in [5, 5.41) is 74.0. The van der Waals surface area contributed by atoms with E-state index in [-0.39, 0.29) is 42.6 Å². The fraction of sp³-hybridized carbons (Fsp3) is 0.627. The van der Waals surface area contributed by atoms with Crippen LogP contribution in [0.2, 0.25) is 0 Å². The Bertz CT molecular complexity index is 1770. The van der Waals surface area contributed by atoms with E-state index in [1.165, 1.54) is 0 Å². The highest BCUT2D eigenvalue weighted by Crippen LogP contribution is 2.51. The fourth-order valence-electron chi connectivity index (χ4n) is 10.5. The molecule has 2 aromatic rings. The number of aryl methyl sites for hydroxylation is 1. The van der Waals surface area contributed by atoms with Gasteiger partial charge < -0.3 is 41.3 Å². The third kappa shape index (κ3) is 12.8. The molecule has 8 atom stereocenters. The molecule has 330 valence electrons. The average Bonchev–Trinajstić information content (AvgIpc) is 3.67. The van der Waals surface area contributed by atoms with E-state index in [2.05, 4.69) is 42.4 Å². The number of aliphatic hydroxyl groups is 4. The molecule has 0 radical (unpaired) electrons. The molecule has 2 aromatic carbocycles. The van der Waals surface area contributed by atoms with Gasteiger partial charge in [0.1, 0.15) is 5.75 Å². The van der Waals surface area contributed by atoms with Crippen LogP contribution in [-0.2, 0) is 16.6 Å². The van der Waals surface area contributed by atoms with Crippen molar-refractivity contribution in [1.29, 1.82) is 0 Å². The third-order valence-electron chi connectivity index (χ3n) is 14.0. The van der Waals surface area contributed by atoms with Crippen molar-refractivity contribution in [2.75, 3.05) is 6.61 Å². The van der Waals surface area contributed by atoms with Gasteiger partial charge >= 0.3 is 5.97 Å². The number of nitrogens with one attached hydrogen (secondary N) is 2. The number of benzene rings is 2. The summed E-state index contributed by atoms with van der Waals surface area (Å²) in [5.41, 5.74) is 3.01. The predicted octanol–water partition coefficient (Wildman–Crippen LogP) is 8.00. The highest BCUT2D eigenvalue weighted by Gasteiger charge is 2.54. The smallest absolute Gasteiger partial charge is 0.303 e. The number of fused-ring (bicyclic) bond motifs is 1. The van der Waals surface area contributed by atoms with E-state index in [9.17, 15) is 35.4 Å². The molecule has 1 aliphatic carbocycles. The van der Waals surface area contributed by atoms with Crippen LogP contribution in [0.4, 0.5) is 0 Å². The monoisotopic (exact) mass is 827 g/mol. The Morgan fingerprint density at radius 3 is 2.45 bits per heavy atom. The van der Waals surface area contributed by atoms with Crippen LogP contribution in [0.3, 0.4) is 0 Å².